The molecule has 0 saturated carbocycles. The van der Waals surface area contributed by atoms with Gasteiger partial charge < -0.3 is 4.90 Å². The fourth-order valence-electron chi connectivity index (χ4n) is 3.25. The minimum absolute atomic E-state index is 0.0786. The number of nitrogens with zero attached hydrogens (tertiary/aromatic N) is 5. The van der Waals surface area contributed by atoms with E-state index in [0.717, 1.165) is 11.1 Å². The van der Waals surface area contributed by atoms with Crippen LogP contribution in [0.25, 0.3) is 22.6 Å². The Bertz CT molecular complexity index is 1210. The highest BCUT2D eigenvalue weighted by molar-refractivity contribution is 5.79. The second-order valence-corrected chi connectivity index (χ2v) is 6.93. The topological polar surface area (TPSA) is 73.0 Å². The van der Waals surface area contributed by atoms with E-state index in [9.17, 15) is 9.59 Å². The Hall–Kier alpha value is -3.74. The summed E-state index contributed by atoms with van der Waals surface area (Å²) < 4.78 is 2.88. The summed E-state index contributed by atoms with van der Waals surface area (Å²) >= 11 is 0. The molecule has 0 radical (unpaired) electrons. The van der Waals surface area contributed by atoms with Crippen LogP contribution in [0.5, 0.6) is 0 Å². The molecule has 1 amide bonds. The molecular formula is C22H21N5O2. The van der Waals surface area contributed by atoms with Crippen LogP contribution in [0.2, 0.25) is 0 Å². The van der Waals surface area contributed by atoms with E-state index in [1.54, 1.807) is 25.2 Å². The summed E-state index contributed by atoms with van der Waals surface area (Å²) in [5.41, 5.74) is 2.63. The molecule has 2 aromatic heterocycles. The first kappa shape index (κ1) is 18.6. The van der Waals surface area contributed by atoms with Crippen LogP contribution in [-0.2, 0) is 24.9 Å². The molecule has 0 aliphatic carbocycles. The molecule has 0 N–H and O–H groups in total. The summed E-state index contributed by atoms with van der Waals surface area (Å²) in [5, 5.41) is 0. The van der Waals surface area contributed by atoms with Crippen LogP contribution < -0.4 is 5.69 Å². The number of aryl methyl sites for hydroxylation is 1. The molecule has 0 bridgehead atoms. The van der Waals surface area contributed by atoms with E-state index in [1.807, 2.05) is 60.7 Å². The van der Waals surface area contributed by atoms with Gasteiger partial charge in [0.25, 0.3) is 0 Å². The molecule has 0 spiro atoms. The van der Waals surface area contributed by atoms with E-state index >= 15 is 0 Å². The Morgan fingerprint density at radius 3 is 2.38 bits per heavy atom. The van der Waals surface area contributed by atoms with E-state index < -0.39 is 0 Å². The SMILES string of the molecule is CN(Cc1ccccc1)C(=O)Cn1c(=O)n(C)c2cnc(-c3ccccc3)nc21. The summed E-state index contributed by atoms with van der Waals surface area (Å²) in [6, 6.07) is 19.3. The van der Waals surface area contributed by atoms with Gasteiger partial charge in [-0.15, -0.1) is 0 Å². The first-order chi connectivity index (χ1) is 14.0. The molecule has 146 valence electrons. The van der Waals surface area contributed by atoms with Crippen LogP contribution in [-0.4, -0.2) is 37.0 Å². The highest BCUT2D eigenvalue weighted by Crippen LogP contribution is 2.17. The average molecular weight is 387 g/mol. The molecule has 2 heterocycles. The van der Waals surface area contributed by atoms with Gasteiger partial charge in [-0.2, -0.15) is 0 Å². The van der Waals surface area contributed by atoms with Crippen molar-refractivity contribution in [2.24, 2.45) is 7.05 Å². The van der Waals surface area contributed by atoms with Gasteiger partial charge in [-0.1, -0.05) is 60.7 Å². The lowest BCUT2D eigenvalue weighted by Gasteiger charge is -2.17. The number of carbonyl (C=O) groups excluding carboxylic acids is 1. The molecule has 4 aromatic rings. The van der Waals surface area contributed by atoms with Gasteiger partial charge >= 0.3 is 5.69 Å². The fourth-order valence-corrected chi connectivity index (χ4v) is 3.25. The molecule has 0 atom stereocenters. The molecule has 4 rings (SSSR count). The molecule has 0 aliphatic rings. The van der Waals surface area contributed by atoms with Gasteiger partial charge in [0.1, 0.15) is 12.1 Å². The lowest BCUT2D eigenvalue weighted by molar-refractivity contribution is -0.131. The summed E-state index contributed by atoms with van der Waals surface area (Å²) in [5.74, 6) is 0.353. The smallest absolute Gasteiger partial charge is 0.330 e. The third-order valence-corrected chi connectivity index (χ3v) is 4.90. The quantitative estimate of drug-likeness (QED) is 0.527. The Labute approximate surface area is 167 Å². The maximum atomic E-state index is 12.8. The van der Waals surface area contributed by atoms with Crippen LogP contribution in [0, 0.1) is 0 Å². The molecule has 7 nitrogen and oxygen atoms in total. The van der Waals surface area contributed by atoms with Crippen LogP contribution in [0.3, 0.4) is 0 Å². The molecule has 0 unspecified atom stereocenters. The van der Waals surface area contributed by atoms with Crippen LogP contribution in [0.15, 0.2) is 71.7 Å². The van der Waals surface area contributed by atoms with Crippen LogP contribution in [0.1, 0.15) is 5.56 Å². The fraction of sp³-hybridized carbons (Fsp3) is 0.182. The molecule has 29 heavy (non-hydrogen) atoms. The zero-order valence-electron chi connectivity index (χ0n) is 16.3. The van der Waals surface area contributed by atoms with Crippen molar-refractivity contribution in [3.8, 4) is 11.4 Å². The zero-order chi connectivity index (χ0) is 20.4. The van der Waals surface area contributed by atoms with Crippen molar-refractivity contribution in [2.75, 3.05) is 7.05 Å². The first-order valence-electron chi connectivity index (χ1n) is 9.30. The normalized spacial score (nSPS) is 11.0. The van der Waals surface area contributed by atoms with E-state index in [-0.39, 0.29) is 18.1 Å². The molecule has 0 aliphatic heterocycles. The number of hydrogen-bond donors (Lipinski definition) is 0. The molecule has 2 aromatic carbocycles. The lowest BCUT2D eigenvalue weighted by atomic mass is 10.2. The predicted molar refractivity (Wildman–Crippen MR) is 111 cm³/mol. The lowest BCUT2D eigenvalue weighted by Crippen LogP contribution is -2.34. The largest absolute Gasteiger partial charge is 0.340 e. The minimum Gasteiger partial charge on any atom is -0.340 e. The van der Waals surface area contributed by atoms with Crippen molar-refractivity contribution in [3.63, 3.8) is 0 Å². The molecule has 7 heteroatoms. The average Bonchev–Trinajstić information content (AvgIpc) is 2.99. The number of likely N-dealkylation sites (N-methyl/N-ethyl adjacent to an activating group) is 1. The van der Waals surface area contributed by atoms with E-state index in [1.165, 1.54) is 9.13 Å². The first-order valence-corrected chi connectivity index (χ1v) is 9.30. The summed E-state index contributed by atoms with van der Waals surface area (Å²) in [6.45, 7) is 0.397. The summed E-state index contributed by atoms with van der Waals surface area (Å²) in [6.07, 6.45) is 1.63. The number of imidazole rings is 1. The Balaban J connectivity index is 1.66. The number of fused-ring (bicyclic) bond motifs is 1. The van der Waals surface area contributed by atoms with E-state index in [0.29, 0.717) is 23.5 Å². The number of hydrogen-bond acceptors (Lipinski definition) is 4. The van der Waals surface area contributed by atoms with Crippen molar-refractivity contribution in [2.45, 2.75) is 13.1 Å². The number of rotatable bonds is 5. The van der Waals surface area contributed by atoms with Crippen molar-refractivity contribution >= 4 is 17.1 Å². The third kappa shape index (κ3) is 3.67. The van der Waals surface area contributed by atoms with E-state index in [2.05, 4.69) is 9.97 Å². The monoisotopic (exact) mass is 387 g/mol. The predicted octanol–water partition coefficient (Wildman–Crippen LogP) is 2.46. The van der Waals surface area contributed by atoms with Crippen molar-refractivity contribution in [1.82, 2.24) is 24.0 Å². The second kappa shape index (κ2) is 7.71. The van der Waals surface area contributed by atoms with Gasteiger partial charge in [0.05, 0.1) is 6.20 Å². The number of benzene rings is 2. The molecular weight excluding hydrogens is 366 g/mol. The highest BCUT2D eigenvalue weighted by Gasteiger charge is 2.18. The third-order valence-electron chi connectivity index (χ3n) is 4.90. The van der Waals surface area contributed by atoms with Crippen molar-refractivity contribution in [3.05, 3.63) is 82.9 Å². The molecule has 0 fully saturated rings. The number of amides is 1. The second-order valence-electron chi connectivity index (χ2n) is 6.93. The Morgan fingerprint density at radius 1 is 1.03 bits per heavy atom. The van der Waals surface area contributed by atoms with Gasteiger partial charge in [0.2, 0.25) is 5.91 Å². The molecule has 0 saturated heterocycles. The Morgan fingerprint density at radius 2 is 1.69 bits per heavy atom. The maximum absolute atomic E-state index is 12.8. The zero-order valence-corrected chi connectivity index (χ0v) is 16.3. The highest BCUT2D eigenvalue weighted by atomic mass is 16.2. The maximum Gasteiger partial charge on any atom is 0.330 e. The summed E-state index contributed by atoms with van der Waals surface area (Å²) in [7, 11) is 3.39. The number of carbonyl (C=O) groups is 1. The summed E-state index contributed by atoms with van der Waals surface area (Å²) in [4.78, 5) is 36.1. The number of aromatic nitrogens is 4. The van der Waals surface area contributed by atoms with Gasteiger partial charge in [-0.25, -0.2) is 14.8 Å². The van der Waals surface area contributed by atoms with Crippen LogP contribution >= 0.6 is 0 Å². The standard InChI is InChI=1S/C22H21N5O2/c1-25(14-16-9-5-3-6-10-16)19(28)15-27-21-18(26(2)22(27)29)13-23-20(24-21)17-11-7-4-8-12-17/h3-13H,14-15H2,1-2H3. The van der Waals surface area contributed by atoms with Gasteiger partial charge in [0.15, 0.2) is 11.5 Å². The van der Waals surface area contributed by atoms with Gasteiger partial charge in [0, 0.05) is 26.2 Å². The van der Waals surface area contributed by atoms with Gasteiger partial charge in [-0.3, -0.25) is 13.9 Å². The van der Waals surface area contributed by atoms with Gasteiger partial charge in [-0.05, 0) is 5.56 Å². The van der Waals surface area contributed by atoms with Crippen molar-refractivity contribution < 1.29 is 4.79 Å². The van der Waals surface area contributed by atoms with Crippen molar-refractivity contribution in [1.29, 1.82) is 0 Å². The van der Waals surface area contributed by atoms with Crippen LogP contribution in [0.4, 0.5) is 0 Å². The minimum atomic E-state index is -0.291. The Kier molecular flexibility index (Phi) is 4.95. The van der Waals surface area contributed by atoms with E-state index in [4.69, 9.17) is 0 Å².